The number of hydrogen-bond acceptors (Lipinski definition) is 8. The first-order chi connectivity index (χ1) is 20.0. The Labute approximate surface area is 244 Å². The molecule has 0 aliphatic heterocycles. The average Bonchev–Trinajstić information content (AvgIpc) is 3.68. The van der Waals surface area contributed by atoms with Gasteiger partial charge in [-0.1, -0.05) is 65.8 Å². The van der Waals surface area contributed by atoms with Crippen LogP contribution < -0.4 is 0 Å². The molecule has 0 saturated carbocycles. The molecular formula is C34H32N6O2. The first-order valence-electron chi connectivity index (χ1n) is 13.9. The van der Waals surface area contributed by atoms with Gasteiger partial charge in [0.1, 0.15) is 0 Å². The lowest BCUT2D eigenvalue weighted by atomic mass is 9.87. The summed E-state index contributed by atoms with van der Waals surface area (Å²) in [5.74, 6) is 1.76. The number of benzene rings is 2. The summed E-state index contributed by atoms with van der Waals surface area (Å²) in [5, 5.41) is 16.9. The maximum Gasteiger partial charge on any atom is 0.249 e. The highest BCUT2D eigenvalue weighted by Crippen LogP contribution is 2.30. The highest BCUT2D eigenvalue weighted by atomic mass is 16.4. The molecule has 0 radical (unpaired) electrons. The van der Waals surface area contributed by atoms with Crippen molar-refractivity contribution in [3.05, 3.63) is 96.3 Å². The second-order valence-corrected chi connectivity index (χ2v) is 12.3. The Morgan fingerprint density at radius 3 is 1.00 bits per heavy atom. The number of pyridine rings is 2. The van der Waals surface area contributed by atoms with Crippen LogP contribution in [0.4, 0.5) is 0 Å². The van der Waals surface area contributed by atoms with E-state index in [-0.39, 0.29) is 10.8 Å². The maximum atomic E-state index is 5.94. The molecule has 0 saturated heterocycles. The number of nitrogens with zero attached hydrogens (tertiary/aromatic N) is 6. The zero-order valence-corrected chi connectivity index (χ0v) is 24.6. The van der Waals surface area contributed by atoms with Gasteiger partial charge in [0.05, 0.1) is 22.5 Å². The lowest BCUT2D eigenvalue weighted by Gasteiger charge is -2.18. The van der Waals surface area contributed by atoms with Crippen LogP contribution in [-0.2, 0) is 10.8 Å². The molecule has 0 N–H and O–H groups in total. The van der Waals surface area contributed by atoms with Crippen LogP contribution in [0.25, 0.3) is 57.2 Å². The molecule has 4 heterocycles. The monoisotopic (exact) mass is 556 g/mol. The van der Waals surface area contributed by atoms with Gasteiger partial charge in [-0.3, -0.25) is 9.97 Å². The van der Waals surface area contributed by atoms with E-state index in [9.17, 15) is 0 Å². The second-order valence-electron chi connectivity index (χ2n) is 12.3. The molecule has 6 aromatic rings. The summed E-state index contributed by atoms with van der Waals surface area (Å²) in [6, 6.07) is 24.0. The van der Waals surface area contributed by atoms with E-state index in [1.807, 2.05) is 48.5 Å². The summed E-state index contributed by atoms with van der Waals surface area (Å²) in [7, 11) is 0. The molecular weight excluding hydrogens is 524 g/mol. The Hall–Kier alpha value is -4.98. The third kappa shape index (κ3) is 5.61. The van der Waals surface area contributed by atoms with Crippen LogP contribution in [0.15, 0.2) is 94.0 Å². The van der Waals surface area contributed by atoms with Gasteiger partial charge in [0.2, 0.25) is 23.6 Å². The van der Waals surface area contributed by atoms with E-state index in [1.54, 1.807) is 12.4 Å². The second kappa shape index (κ2) is 10.4. The van der Waals surface area contributed by atoms with Gasteiger partial charge in [0.15, 0.2) is 0 Å². The molecule has 0 aliphatic carbocycles. The van der Waals surface area contributed by atoms with Crippen molar-refractivity contribution in [2.75, 3.05) is 0 Å². The highest BCUT2D eigenvalue weighted by molar-refractivity contribution is 5.64. The summed E-state index contributed by atoms with van der Waals surface area (Å²) >= 11 is 0. The Morgan fingerprint density at radius 1 is 0.405 bits per heavy atom. The van der Waals surface area contributed by atoms with Crippen LogP contribution in [-0.4, -0.2) is 30.4 Å². The average molecular weight is 557 g/mol. The van der Waals surface area contributed by atoms with Gasteiger partial charge in [0.25, 0.3) is 0 Å². The molecule has 42 heavy (non-hydrogen) atoms. The quantitative estimate of drug-likeness (QED) is 0.209. The van der Waals surface area contributed by atoms with Gasteiger partial charge in [-0.15, -0.1) is 20.4 Å². The minimum atomic E-state index is 0.0803. The standard InChI is InChI=1S/C34H32N6O2/c1-33(2,3)25-13-7-21(8-14-25)29-37-39-31(41-29)23-11-17-27(35-19-23)28-18-12-24(20-36-28)32-40-38-30(42-32)22-9-15-26(16-10-22)34(4,5)6/h7-20H,1-6H3. The van der Waals surface area contributed by atoms with E-state index in [0.717, 1.165) is 22.3 Å². The fraction of sp³-hybridized carbons (Fsp3) is 0.235. The minimum absolute atomic E-state index is 0.0803. The molecule has 0 amide bonds. The summed E-state index contributed by atoms with van der Waals surface area (Å²) < 4.78 is 11.9. The molecule has 0 atom stereocenters. The van der Waals surface area contributed by atoms with Gasteiger partial charge in [-0.05, 0) is 70.5 Å². The van der Waals surface area contributed by atoms with Crippen LogP contribution in [0.1, 0.15) is 52.7 Å². The minimum Gasteiger partial charge on any atom is -0.416 e. The molecule has 8 heteroatoms. The Balaban J connectivity index is 1.15. The largest absolute Gasteiger partial charge is 0.416 e. The molecule has 0 spiro atoms. The maximum absolute atomic E-state index is 5.94. The van der Waals surface area contributed by atoms with Crippen molar-refractivity contribution in [2.45, 2.75) is 52.4 Å². The molecule has 0 fully saturated rings. The Morgan fingerprint density at radius 2 is 0.714 bits per heavy atom. The molecule has 8 nitrogen and oxygen atoms in total. The molecule has 6 rings (SSSR count). The third-order valence-electron chi connectivity index (χ3n) is 7.13. The predicted octanol–water partition coefficient (Wildman–Crippen LogP) is 8.17. The van der Waals surface area contributed by atoms with E-state index in [1.165, 1.54) is 11.1 Å². The zero-order chi connectivity index (χ0) is 29.5. The van der Waals surface area contributed by atoms with E-state index in [4.69, 9.17) is 8.83 Å². The van der Waals surface area contributed by atoms with Crippen LogP contribution in [0.3, 0.4) is 0 Å². The SMILES string of the molecule is CC(C)(C)c1ccc(-c2nnc(-c3ccc(-c4ccc(-c5nnc(-c6ccc(C(C)(C)C)cc6)o5)cn4)nc3)o2)cc1. The first kappa shape index (κ1) is 27.2. The molecule has 0 bridgehead atoms. The topological polar surface area (TPSA) is 104 Å². The Kier molecular flexibility index (Phi) is 6.77. The van der Waals surface area contributed by atoms with Gasteiger partial charge in [-0.2, -0.15) is 0 Å². The lowest BCUT2D eigenvalue weighted by Crippen LogP contribution is -2.10. The van der Waals surface area contributed by atoms with Gasteiger partial charge >= 0.3 is 0 Å². The van der Waals surface area contributed by atoms with Gasteiger partial charge < -0.3 is 8.83 Å². The van der Waals surface area contributed by atoms with Crippen LogP contribution in [0.2, 0.25) is 0 Å². The van der Waals surface area contributed by atoms with Crippen molar-refractivity contribution < 1.29 is 8.83 Å². The van der Waals surface area contributed by atoms with E-state index in [2.05, 4.69) is 96.2 Å². The van der Waals surface area contributed by atoms with E-state index < -0.39 is 0 Å². The summed E-state index contributed by atoms with van der Waals surface area (Å²) in [5.41, 5.74) is 7.30. The number of hydrogen-bond donors (Lipinski definition) is 0. The van der Waals surface area contributed by atoms with Crippen molar-refractivity contribution in [1.82, 2.24) is 30.4 Å². The molecule has 210 valence electrons. The lowest BCUT2D eigenvalue weighted by molar-refractivity contribution is 0.581. The predicted molar refractivity (Wildman–Crippen MR) is 162 cm³/mol. The normalized spacial score (nSPS) is 12.0. The van der Waals surface area contributed by atoms with Crippen LogP contribution in [0, 0.1) is 0 Å². The van der Waals surface area contributed by atoms with Crippen molar-refractivity contribution in [3.8, 4) is 57.2 Å². The Bertz CT molecular complexity index is 1670. The first-order valence-corrected chi connectivity index (χ1v) is 13.9. The summed E-state index contributed by atoms with van der Waals surface area (Å²) in [6.45, 7) is 13.1. The van der Waals surface area contributed by atoms with Crippen molar-refractivity contribution in [3.63, 3.8) is 0 Å². The summed E-state index contributed by atoms with van der Waals surface area (Å²) in [4.78, 5) is 9.15. The molecule has 2 aromatic carbocycles. The molecule has 0 aliphatic rings. The molecule has 0 unspecified atom stereocenters. The van der Waals surface area contributed by atoms with Crippen molar-refractivity contribution in [1.29, 1.82) is 0 Å². The fourth-order valence-electron chi connectivity index (χ4n) is 4.48. The van der Waals surface area contributed by atoms with E-state index in [0.29, 0.717) is 35.0 Å². The van der Waals surface area contributed by atoms with Crippen LogP contribution >= 0.6 is 0 Å². The fourth-order valence-corrected chi connectivity index (χ4v) is 4.48. The smallest absolute Gasteiger partial charge is 0.249 e. The van der Waals surface area contributed by atoms with Gasteiger partial charge in [-0.25, -0.2) is 0 Å². The van der Waals surface area contributed by atoms with Crippen molar-refractivity contribution >= 4 is 0 Å². The highest BCUT2D eigenvalue weighted by Gasteiger charge is 2.17. The number of rotatable bonds is 5. The molecule has 4 aromatic heterocycles. The zero-order valence-electron chi connectivity index (χ0n) is 24.6. The van der Waals surface area contributed by atoms with Crippen molar-refractivity contribution in [2.24, 2.45) is 0 Å². The third-order valence-corrected chi connectivity index (χ3v) is 7.13. The van der Waals surface area contributed by atoms with Crippen LogP contribution in [0.5, 0.6) is 0 Å². The van der Waals surface area contributed by atoms with Gasteiger partial charge in [0, 0.05) is 23.5 Å². The summed E-state index contributed by atoms with van der Waals surface area (Å²) in [6.07, 6.45) is 3.42. The number of aromatic nitrogens is 6. The van der Waals surface area contributed by atoms with E-state index >= 15 is 0 Å².